The summed E-state index contributed by atoms with van der Waals surface area (Å²) >= 11 is 0. The van der Waals surface area contributed by atoms with Crippen molar-refractivity contribution in [2.45, 2.75) is 59.2 Å². The van der Waals surface area contributed by atoms with Crippen LogP contribution < -0.4 is 0 Å². The lowest BCUT2D eigenvalue weighted by molar-refractivity contribution is -0.149. The van der Waals surface area contributed by atoms with Gasteiger partial charge in [-0.3, -0.25) is 4.79 Å². The Labute approximate surface area is 167 Å². The molecule has 4 heteroatoms. The number of allylic oxidation sites excluding steroid dienone is 1. The average Bonchev–Trinajstić information content (AvgIpc) is 2.65. The molecule has 0 amide bonds. The second kappa shape index (κ2) is 8.04. The van der Waals surface area contributed by atoms with Crippen LogP contribution in [0.4, 0.5) is 0 Å². The van der Waals surface area contributed by atoms with Gasteiger partial charge in [-0.1, -0.05) is 51.1 Å². The van der Waals surface area contributed by atoms with Gasteiger partial charge < -0.3 is 9.84 Å². The van der Waals surface area contributed by atoms with E-state index in [1.807, 2.05) is 44.2 Å². The second-order valence-electron chi connectivity index (χ2n) is 8.65. The van der Waals surface area contributed by atoms with Gasteiger partial charge in [-0.15, -0.1) is 0 Å². The molecule has 150 valence electrons. The molecule has 1 aromatic carbocycles. The molecule has 0 saturated heterocycles. The van der Waals surface area contributed by atoms with Crippen LogP contribution in [-0.4, -0.2) is 29.1 Å². The van der Waals surface area contributed by atoms with E-state index >= 15 is 0 Å². The Balaban J connectivity index is 1.92. The van der Waals surface area contributed by atoms with E-state index < -0.39 is 23.6 Å². The number of esters is 1. The number of Topliss-reactive ketones (excluding diaryl/α,β-unsaturated/α-hetero) is 1. The minimum Gasteiger partial charge on any atom is -0.454 e. The van der Waals surface area contributed by atoms with Crippen LogP contribution in [-0.2, 0) is 14.3 Å². The number of aliphatic hydroxyl groups excluding tert-OH is 1. The first-order valence-electron chi connectivity index (χ1n) is 10.1. The SMILES string of the molecule is CC1=C2[C@H](OC(=O)/C=C/c3ccccc3)[C@H](C(C)C)CC[C@]2(C)[C@@H](O)CC1=O. The standard InChI is InChI=1S/C24H30O4/c1-15(2)18-12-13-24(4)20(26)14-19(25)16(3)22(24)23(18)28-21(27)11-10-17-8-6-5-7-9-17/h5-11,15,18,20,23,26H,12-14H2,1-4H3/b11-10+/t18-,20-,23+,24+/m0/s1. The molecule has 0 spiro atoms. The summed E-state index contributed by atoms with van der Waals surface area (Å²) in [6.07, 6.45) is 3.76. The van der Waals surface area contributed by atoms with Gasteiger partial charge in [0.15, 0.2) is 5.78 Å². The van der Waals surface area contributed by atoms with Crippen molar-refractivity contribution >= 4 is 17.8 Å². The fourth-order valence-electron chi connectivity index (χ4n) is 4.71. The summed E-state index contributed by atoms with van der Waals surface area (Å²) in [5, 5.41) is 10.7. The van der Waals surface area contributed by atoms with Crippen molar-refractivity contribution in [3.05, 3.63) is 53.1 Å². The number of ketones is 1. The number of fused-ring (bicyclic) bond motifs is 1. The Kier molecular flexibility index (Phi) is 5.90. The zero-order valence-corrected chi connectivity index (χ0v) is 17.1. The summed E-state index contributed by atoms with van der Waals surface area (Å²) in [6, 6.07) is 9.58. The molecule has 1 N–H and O–H groups in total. The molecule has 4 atom stereocenters. The molecule has 0 aliphatic heterocycles. The number of hydrogen-bond acceptors (Lipinski definition) is 4. The van der Waals surface area contributed by atoms with Crippen molar-refractivity contribution < 1.29 is 19.4 Å². The van der Waals surface area contributed by atoms with E-state index in [1.54, 1.807) is 6.08 Å². The van der Waals surface area contributed by atoms with Crippen molar-refractivity contribution in [1.82, 2.24) is 0 Å². The number of benzene rings is 1. The van der Waals surface area contributed by atoms with Crippen molar-refractivity contribution in [2.75, 3.05) is 0 Å². The maximum absolute atomic E-state index is 12.6. The van der Waals surface area contributed by atoms with Gasteiger partial charge >= 0.3 is 5.97 Å². The van der Waals surface area contributed by atoms with E-state index in [0.29, 0.717) is 11.5 Å². The third-order valence-electron chi connectivity index (χ3n) is 6.53. The van der Waals surface area contributed by atoms with Crippen LogP contribution >= 0.6 is 0 Å². The highest BCUT2D eigenvalue weighted by molar-refractivity contribution is 5.97. The van der Waals surface area contributed by atoms with Crippen molar-refractivity contribution in [1.29, 1.82) is 0 Å². The third-order valence-corrected chi connectivity index (χ3v) is 6.53. The topological polar surface area (TPSA) is 63.6 Å². The van der Waals surface area contributed by atoms with E-state index in [4.69, 9.17) is 4.74 Å². The summed E-state index contributed by atoms with van der Waals surface area (Å²) in [5.74, 6) is -0.0399. The first kappa shape index (κ1) is 20.5. The minimum atomic E-state index is -0.729. The van der Waals surface area contributed by atoms with Gasteiger partial charge in [0.1, 0.15) is 6.10 Å². The van der Waals surface area contributed by atoms with Crippen LogP contribution in [0.3, 0.4) is 0 Å². The highest BCUT2D eigenvalue weighted by Gasteiger charge is 2.52. The normalized spacial score (nSPS) is 30.6. The summed E-state index contributed by atoms with van der Waals surface area (Å²) in [7, 11) is 0. The van der Waals surface area contributed by atoms with Crippen LogP contribution in [0.15, 0.2) is 47.6 Å². The zero-order chi connectivity index (χ0) is 20.5. The number of hydrogen-bond donors (Lipinski definition) is 1. The van der Waals surface area contributed by atoms with Gasteiger partial charge in [-0.25, -0.2) is 4.79 Å². The van der Waals surface area contributed by atoms with Gasteiger partial charge in [-0.05, 0) is 48.5 Å². The molecule has 0 heterocycles. The van der Waals surface area contributed by atoms with Crippen LogP contribution in [0.25, 0.3) is 6.08 Å². The van der Waals surface area contributed by atoms with Gasteiger partial charge in [0, 0.05) is 23.8 Å². The maximum atomic E-state index is 12.6. The predicted molar refractivity (Wildman–Crippen MR) is 109 cm³/mol. The van der Waals surface area contributed by atoms with Crippen LogP contribution in [0.2, 0.25) is 0 Å². The quantitative estimate of drug-likeness (QED) is 0.622. The molecule has 0 radical (unpaired) electrons. The van der Waals surface area contributed by atoms with Gasteiger partial charge in [0.25, 0.3) is 0 Å². The molecular weight excluding hydrogens is 352 g/mol. The molecule has 2 aliphatic carbocycles. The highest BCUT2D eigenvalue weighted by atomic mass is 16.5. The third kappa shape index (κ3) is 3.83. The van der Waals surface area contributed by atoms with Crippen LogP contribution in [0.5, 0.6) is 0 Å². The molecule has 1 fully saturated rings. The molecule has 0 unspecified atom stereocenters. The fraction of sp³-hybridized carbons (Fsp3) is 0.500. The summed E-state index contributed by atoms with van der Waals surface area (Å²) in [4.78, 5) is 25.1. The van der Waals surface area contributed by atoms with Crippen LogP contribution in [0, 0.1) is 17.3 Å². The Morgan fingerprint density at radius 2 is 1.96 bits per heavy atom. The lowest BCUT2D eigenvalue weighted by Crippen LogP contribution is -2.51. The fourth-order valence-corrected chi connectivity index (χ4v) is 4.71. The van der Waals surface area contributed by atoms with Gasteiger partial charge in [-0.2, -0.15) is 0 Å². The first-order chi connectivity index (χ1) is 13.2. The van der Waals surface area contributed by atoms with E-state index in [2.05, 4.69) is 13.8 Å². The Morgan fingerprint density at radius 1 is 1.29 bits per heavy atom. The average molecular weight is 383 g/mol. The highest BCUT2D eigenvalue weighted by Crippen LogP contribution is 2.52. The molecule has 28 heavy (non-hydrogen) atoms. The molecule has 2 aliphatic rings. The number of ether oxygens (including phenoxy) is 1. The lowest BCUT2D eigenvalue weighted by atomic mass is 9.57. The number of carbonyl (C=O) groups excluding carboxylic acids is 2. The van der Waals surface area contributed by atoms with Gasteiger partial charge in [0.05, 0.1) is 6.10 Å². The summed E-state index contributed by atoms with van der Waals surface area (Å²) in [5.41, 5.74) is 1.88. The summed E-state index contributed by atoms with van der Waals surface area (Å²) in [6.45, 7) is 8.04. The first-order valence-corrected chi connectivity index (χ1v) is 10.1. The lowest BCUT2D eigenvalue weighted by Gasteiger charge is -2.50. The zero-order valence-electron chi connectivity index (χ0n) is 17.1. The Bertz CT molecular complexity index is 805. The predicted octanol–water partition coefficient (Wildman–Crippen LogP) is 4.33. The van der Waals surface area contributed by atoms with Gasteiger partial charge in [0.2, 0.25) is 0 Å². The van der Waals surface area contributed by atoms with Crippen LogP contribution in [0.1, 0.15) is 52.5 Å². The largest absolute Gasteiger partial charge is 0.454 e. The Morgan fingerprint density at radius 3 is 2.61 bits per heavy atom. The van der Waals surface area contributed by atoms with E-state index in [0.717, 1.165) is 24.0 Å². The molecule has 3 rings (SSSR count). The number of aliphatic hydroxyl groups is 1. The maximum Gasteiger partial charge on any atom is 0.331 e. The van der Waals surface area contributed by atoms with E-state index in [1.165, 1.54) is 6.08 Å². The molecule has 1 saturated carbocycles. The molecule has 1 aromatic rings. The molecule has 0 bridgehead atoms. The molecule has 0 aromatic heterocycles. The molecule has 4 nitrogen and oxygen atoms in total. The summed E-state index contributed by atoms with van der Waals surface area (Å²) < 4.78 is 5.94. The second-order valence-corrected chi connectivity index (χ2v) is 8.65. The van der Waals surface area contributed by atoms with Crippen molar-refractivity contribution in [3.8, 4) is 0 Å². The number of carbonyl (C=O) groups is 2. The smallest absolute Gasteiger partial charge is 0.331 e. The number of rotatable bonds is 4. The molecular formula is C24H30O4. The Hall–Kier alpha value is -2.20. The van der Waals surface area contributed by atoms with E-state index in [9.17, 15) is 14.7 Å². The van der Waals surface area contributed by atoms with Crippen molar-refractivity contribution in [3.63, 3.8) is 0 Å². The van der Waals surface area contributed by atoms with Crippen molar-refractivity contribution in [2.24, 2.45) is 17.3 Å². The minimum absolute atomic E-state index is 0.0507. The van der Waals surface area contributed by atoms with E-state index in [-0.39, 0.29) is 18.1 Å². The monoisotopic (exact) mass is 382 g/mol.